The van der Waals surface area contributed by atoms with E-state index in [9.17, 15) is 9.18 Å². The number of halogens is 1. The van der Waals surface area contributed by atoms with Crippen LogP contribution in [0.2, 0.25) is 0 Å². The van der Waals surface area contributed by atoms with Crippen molar-refractivity contribution in [1.82, 2.24) is 4.57 Å². The Hall–Kier alpha value is -2.37. The number of imidazole rings is 1. The van der Waals surface area contributed by atoms with Crippen LogP contribution in [0.15, 0.2) is 42.1 Å². The molecular formula is C17H20BFN2O2. The molecule has 1 aromatic carbocycles. The maximum Gasteiger partial charge on any atom is 0.336 e. The van der Waals surface area contributed by atoms with Crippen molar-refractivity contribution >= 4 is 24.5 Å². The number of aromatic nitrogens is 2. The van der Waals surface area contributed by atoms with Crippen LogP contribution in [-0.2, 0) is 23.6 Å². The second kappa shape index (κ2) is 5.37. The number of carbonyl (C=O) groups is 1. The number of benzene rings is 1. The van der Waals surface area contributed by atoms with E-state index in [-0.39, 0.29) is 11.8 Å². The lowest BCUT2D eigenvalue weighted by Crippen LogP contribution is -2.51. The minimum Gasteiger partial charge on any atom is -0.455 e. The van der Waals surface area contributed by atoms with E-state index < -0.39 is 12.9 Å². The summed E-state index contributed by atoms with van der Waals surface area (Å²) in [6.07, 6.45) is 4.00. The second-order valence-corrected chi connectivity index (χ2v) is 6.72. The molecule has 0 fully saturated rings. The fourth-order valence-corrected chi connectivity index (χ4v) is 3.43. The Morgan fingerprint density at radius 3 is 2.48 bits per heavy atom. The zero-order valence-electron chi connectivity index (χ0n) is 14.1. The predicted molar refractivity (Wildman–Crippen MR) is 88.3 cm³/mol. The van der Waals surface area contributed by atoms with Crippen molar-refractivity contribution in [2.45, 2.75) is 19.4 Å². The monoisotopic (exact) mass is 314 g/mol. The summed E-state index contributed by atoms with van der Waals surface area (Å²) in [5.41, 5.74) is 2.91. The van der Waals surface area contributed by atoms with Gasteiger partial charge in [-0.15, -0.1) is 0 Å². The molecule has 0 saturated carbocycles. The van der Waals surface area contributed by atoms with Crippen LogP contribution in [0.25, 0.3) is 5.57 Å². The van der Waals surface area contributed by atoms with Crippen molar-refractivity contribution in [2.24, 2.45) is 14.1 Å². The van der Waals surface area contributed by atoms with Gasteiger partial charge in [0.2, 0.25) is 0 Å². The standard InChI is InChI=1S/C17H20BFN2O2/c1-17(2)14(18-16-20(3)9-10-21(16)4)13(15(22)23-17)11-5-7-12(19)8-6-11/h5-10H,18H2,1-4H3. The summed E-state index contributed by atoms with van der Waals surface area (Å²) < 4.78 is 22.9. The van der Waals surface area contributed by atoms with Crippen LogP contribution < -0.4 is 10.3 Å². The third-order valence-corrected chi connectivity index (χ3v) is 4.97. The van der Waals surface area contributed by atoms with Gasteiger partial charge >= 0.3 is 5.97 Å². The van der Waals surface area contributed by atoms with Crippen LogP contribution in [0.1, 0.15) is 19.4 Å². The molecule has 2 aromatic rings. The summed E-state index contributed by atoms with van der Waals surface area (Å²) in [6.45, 7) is 3.84. The van der Waals surface area contributed by atoms with Gasteiger partial charge in [0.25, 0.3) is 0 Å². The summed E-state index contributed by atoms with van der Waals surface area (Å²) in [5, 5.41) is 0. The van der Waals surface area contributed by atoms with E-state index in [0.717, 1.165) is 11.0 Å². The van der Waals surface area contributed by atoms with Gasteiger partial charge in [0, 0.05) is 5.57 Å². The van der Waals surface area contributed by atoms with Crippen molar-refractivity contribution < 1.29 is 18.5 Å². The molecule has 0 N–H and O–H groups in total. The smallest absolute Gasteiger partial charge is 0.336 e. The summed E-state index contributed by atoms with van der Waals surface area (Å²) >= 11 is 0. The average molecular weight is 314 g/mol. The molecule has 0 radical (unpaired) electrons. The average Bonchev–Trinajstić information content (AvgIpc) is 2.90. The van der Waals surface area contributed by atoms with Crippen molar-refractivity contribution in [1.29, 1.82) is 0 Å². The molecule has 0 saturated heterocycles. The third kappa shape index (κ3) is 2.69. The SMILES string of the molecule is Cn1cc[n+](C)c1[BH2-]C1=C(c2ccc(F)cc2)C(=O)OC1(C)C. The molecule has 0 unspecified atom stereocenters. The number of cyclic esters (lactones) is 1. The second-order valence-electron chi connectivity index (χ2n) is 6.72. The molecule has 23 heavy (non-hydrogen) atoms. The number of nitrogens with zero attached hydrogens (tertiary/aromatic N) is 2. The summed E-state index contributed by atoms with van der Waals surface area (Å²) in [6, 6.07) is 6.04. The Balaban J connectivity index is 2.13. The van der Waals surface area contributed by atoms with Gasteiger partial charge < -0.3 is 4.74 Å². The zero-order valence-corrected chi connectivity index (χ0v) is 14.1. The predicted octanol–water partition coefficient (Wildman–Crippen LogP) is 0.529. The minimum atomic E-state index is -0.771. The molecule has 0 aliphatic carbocycles. The molecule has 0 atom stereocenters. The fourth-order valence-electron chi connectivity index (χ4n) is 3.43. The molecule has 1 aliphatic rings. The van der Waals surface area contributed by atoms with Crippen molar-refractivity contribution in [3.05, 3.63) is 53.5 Å². The van der Waals surface area contributed by atoms with Gasteiger partial charge in [-0.2, -0.15) is 5.47 Å². The minimum absolute atomic E-state index is 0.314. The Morgan fingerprint density at radius 1 is 1.26 bits per heavy atom. The molecule has 2 heterocycles. The van der Waals surface area contributed by atoms with Crippen LogP contribution in [-0.4, -0.2) is 23.4 Å². The summed E-state index contributed by atoms with van der Waals surface area (Å²) in [4.78, 5) is 12.4. The number of hydrogen-bond acceptors (Lipinski definition) is 2. The molecule has 0 bridgehead atoms. The lowest BCUT2D eigenvalue weighted by atomic mass is 9.60. The quantitative estimate of drug-likeness (QED) is 0.471. The van der Waals surface area contributed by atoms with Crippen molar-refractivity contribution in [3.63, 3.8) is 0 Å². The molecule has 6 heteroatoms. The topological polar surface area (TPSA) is 35.1 Å². The van der Waals surface area contributed by atoms with Crippen molar-refractivity contribution in [3.8, 4) is 0 Å². The first-order valence-corrected chi connectivity index (χ1v) is 7.81. The van der Waals surface area contributed by atoms with Gasteiger partial charge in [-0.25, -0.2) is 9.18 Å². The van der Waals surface area contributed by atoms with Crippen LogP contribution in [0, 0.1) is 5.82 Å². The summed E-state index contributed by atoms with van der Waals surface area (Å²) in [5.74, 6) is -0.636. The number of esters is 1. The van der Waals surface area contributed by atoms with Gasteiger partial charge in [0.05, 0.1) is 25.4 Å². The van der Waals surface area contributed by atoms with Crippen LogP contribution >= 0.6 is 0 Å². The van der Waals surface area contributed by atoms with E-state index >= 15 is 0 Å². The van der Waals surface area contributed by atoms with Gasteiger partial charge in [-0.3, -0.25) is 9.13 Å². The first kappa shape index (κ1) is 15.5. The highest BCUT2D eigenvalue weighted by molar-refractivity contribution is 6.62. The molecule has 3 rings (SSSR count). The van der Waals surface area contributed by atoms with Crippen LogP contribution in [0.4, 0.5) is 4.39 Å². The van der Waals surface area contributed by atoms with Gasteiger partial charge in [0.15, 0.2) is 0 Å². The molecule has 1 aromatic heterocycles. The van der Waals surface area contributed by atoms with E-state index in [1.807, 2.05) is 40.3 Å². The molecule has 4 nitrogen and oxygen atoms in total. The highest BCUT2D eigenvalue weighted by atomic mass is 19.1. The lowest BCUT2D eigenvalue weighted by molar-refractivity contribution is -0.652. The fraction of sp³-hybridized carbons (Fsp3) is 0.294. The Labute approximate surface area is 135 Å². The number of ether oxygens (including phenoxy) is 1. The zero-order chi connectivity index (χ0) is 16.8. The van der Waals surface area contributed by atoms with Gasteiger partial charge in [0.1, 0.15) is 25.5 Å². The van der Waals surface area contributed by atoms with Crippen LogP contribution in [0.3, 0.4) is 0 Å². The van der Waals surface area contributed by atoms with E-state index in [1.165, 1.54) is 17.9 Å². The molecular weight excluding hydrogens is 294 g/mol. The Bertz CT molecular complexity index is 787. The summed E-state index contributed by atoms with van der Waals surface area (Å²) in [7, 11) is 3.23. The first-order valence-electron chi connectivity index (χ1n) is 7.81. The lowest BCUT2D eigenvalue weighted by Gasteiger charge is -2.25. The molecule has 0 spiro atoms. The molecule has 0 amide bonds. The molecule has 1 aliphatic heterocycles. The number of hydrogen-bond donors (Lipinski definition) is 0. The van der Waals surface area contributed by atoms with Gasteiger partial charge in [-0.05, 0) is 31.5 Å². The van der Waals surface area contributed by atoms with Crippen LogP contribution in [0.5, 0.6) is 0 Å². The number of rotatable bonds is 3. The maximum absolute atomic E-state index is 13.2. The number of carbonyl (C=O) groups excluding carboxylic acids is 1. The Morgan fingerprint density at radius 2 is 1.91 bits per heavy atom. The first-order chi connectivity index (χ1) is 10.8. The van der Waals surface area contributed by atoms with Crippen molar-refractivity contribution in [2.75, 3.05) is 0 Å². The van der Waals surface area contributed by atoms with E-state index in [0.29, 0.717) is 5.57 Å². The highest BCUT2D eigenvalue weighted by Crippen LogP contribution is 2.36. The van der Waals surface area contributed by atoms with E-state index in [1.54, 1.807) is 12.1 Å². The largest absolute Gasteiger partial charge is 0.455 e. The molecule has 120 valence electrons. The van der Waals surface area contributed by atoms with E-state index in [2.05, 4.69) is 9.13 Å². The third-order valence-electron chi connectivity index (χ3n) is 4.97. The van der Waals surface area contributed by atoms with E-state index in [4.69, 9.17) is 4.74 Å². The van der Waals surface area contributed by atoms with Gasteiger partial charge in [-0.1, -0.05) is 12.1 Å². The maximum atomic E-state index is 13.2. The normalized spacial score (nSPS) is 16.8. The number of aryl methyl sites for hydroxylation is 2. The Kier molecular flexibility index (Phi) is 3.63. The highest BCUT2D eigenvalue weighted by Gasteiger charge is 2.37.